The lowest BCUT2D eigenvalue weighted by Gasteiger charge is -2.36. The molecule has 0 bridgehead atoms. The van der Waals surface area contributed by atoms with Crippen LogP contribution in [0.25, 0.3) is 0 Å². The molecule has 0 radical (unpaired) electrons. The van der Waals surface area contributed by atoms with Gasteiger partial charge in [0.25, 0.3) is 0 Å². The zero-order valence-electron chi connectivity index (χ0n) is 12.0. The van der Waals surface area contributed by atoms with Gasteiger partial charge in [0.2, 0.25) is 0 Å². The summed E-state index contributed by atoms with van der Waals surface area (Å²) < 4.78 is 11.1. The molecule has 100 valence electrons. The van der Waals surface area contributed by atoms with Gasteiger partial charge in [0.1, 0.15) is 0 Å². The van der Waals surface area contributed by atoms with Crippen LogP contribution in [0, 0.1) is 11.8 Å². The highest BCUT2D eigenvalue weighted by molar-refractivity contribution is 6.74. The van der Waals surface area contributed by atoms with E-state index in [0.717, 1.165) is 13.0 Å². The molecule has 2 atom stereocenters. The Balaban J connectivity index is 2.33. The summed E-state index contributed by atoms with van der Waals surface area (Å²) >= 11 is 0. The van der Waals surface area contributed by atoms with Crippen molar-refractivity contribution in [2.24, 2.45) is 11.8 Å². The Morgan fingerprint density at radius 1 is 1.35 bits per heavy atom. The molecule has 0 saturated heterocycles. The van der Waals surface area contributed by atoms with Crippen molar-refractivity contribution >= 4 is 14.3 Å². The Hall–Kier alpha value is -0.353. The average molecular weight is 258 g/mol. The molecule has 0 heterocycles. The lowest BCUT2D eigenvalue weighted by atomic mass is 10.2. The van der Waals surface area contributed by atoms with E-state index in [9.17, 15) is 4.79 Å². The Morgan fingerprint density at radius 3 is 2.41 bits per heavy atom. The van der Waals surface area contributed by atoms with Gasteiger partial charge in [0.05, 0.1) is 12.5 Å². The Morgan fingerprint density at radius 2 is 1.94 bits per heavy atom. The second-order valence-corrected chi connectivity index (χ2v) is 11.2. The molecule has 0 N–H and O–H groups in total. The molecule has 3 nitrogen and oxygen atoms in total. The Labute approximate surface area is 106 Å². The van der Waals surface area contributed by atoms with Gasteiger partial charge in [0, 0.05) is 6.61 Å². The van der Waals surface area contributed by atoms with Crippen LogP contribution < -0.4 is 0 Å². The minimum atomic E-state index is -1.66. The van der Waals surface area contributed by atoms with Crippen LogP contribution in [0.1, 0.15) is 34.1 Å². The molecule has 1 saturated carbocycles. The second-order valence-electron chi connectivity index (χ2n) is 6.43. The zero-order valence-corrected chi connectivity index (χ0v) is 13.0. The third-order valence-corrected chi connectivity index (χ3v) is 8.48. The molecule has 1 aliphatic rings. The maximum Gasteiger partial charge on any atom is 0.309 e. The number of carbonyl (C=O) groups excluding carboxylic acids is 1. The summed E-state index contributed by atoms with van der Waals surface area (Å²) in [7, 11) is -1.66. The van der Waals surface area contributed by atoms with Crippen molar-refractivity contribution in [3.05, 3.63) is 0 Å². The topological polar surface area (TPSA) is 35.5 Å². The monoisotopic (exact) mass is 258 g/mol. The maximum absolute atomic E-state index is 11.5. The minimum absolute atomic E-state index is 0.0451. The van der Waals surface area contributed by atoms with Gasteiger partial charge >= 0.3 is 5.97 Å². The number of carbonyl (C=O) groups is 1. The minimum Gasteiger partial charge on any atom is -0.466 e. The summed E-state index contributed by atoms with van der Waals surface area (Å²) in [6, 6.07) is 0. The molecule has 0 aliphatic heterocycles. The normalized spacial score (nSPS) is 24.6. The Kier molecular flexibility index (Phi) is 4.41. The fourth-order valence-corrected chi connectivity index (χ4v) is 2.57. The van der Waals surface area contributed by atoms with Crippen LogP contribution in [0.2, 0.25) is 18.1 Å². The second kappa shape index (κ2) is 5.10. The van der Waals surface area contributed by atoms with Gasteiger partial charge in [-0.25, -0.2) is 0 Å². The van der Waals surface area contributed by atoms with E-state index in [2.05, 4.69) is 33.9 Å². The zero-order chi connectivity index (χ0) is 13.3. The Bertz CT molecular complexity index is 281. The van der Waals surface area contributed by atoms with Crippen LogP contribution in [-0.4, -0.2) is 27.5 Å². The first-order valence-electron chi connectivity index (χ1n) is 6.49. The molecule has 0 aromatic heterocycles. The summed E-state index contributed by atoms with van der Waals surface area (Å²) in [5.41, 5.74) is 0. The molecule has 1 aliphatic carbocycles. The molecule has 1 fully saturated rings. The largest absolute Gasteiger partial charge is 0.466 e. The van der Waals surface area contributed by atoms with E-state index in [1.165, 1.54) is 0 Å². The third kappa shape index (κ3) is 3.81. The lowest BCUT2D eigenvalue weighted by molar-refractivity contribution is -0.145. The van der Waals surface area contributed by atoms with Crippen LogP contribution in [0.4, 0.5) is 0 Å². The molecule has 0 aromatic rings. The maximum atomic E-state index is 11.5. The highest BCUT2D eigenvalue weighted by Gasteiger charge is 2.46. The first-order valence-corrected chi connectivity index (χ1v) is 9.40. The molecule has 0 unspecified atom stereocenters. The van der Waals surface area contributed by atoms with E-state index in [-0.39, 0.29) is 16.9 Å². The molecular weight excluding hydrogens is 232 g/mol. The molecular formula is C13H26O3Si. The van der Waals surface area contributed by atoms with Gasteiger partial charge in [0.15, 0.2) is 8.32 Å². The summed E-state index contributed by atoms with van der Waals surface area (Å²) in [5.74, 6) is 0.444. The van der Waals surface area contributed by atoms with Gasteiger partial charge in [-0.15, -0.1) is 0 Å². The number of esters is 1. The van der Waals surface area contributed by atoms with Crippen LogP contribution in [0.5, 0.6) is 0 Å². The first kappa shape index (κ1) is 14.7. The van der Waals surface area contributed by atoms with E-state index < -0.39 is 8.32 Å². The van der Waals surface area contributed by atoms with E-state index in [1.54, 1.807) is 0 Å². The van der Waals surface area contributed by atoms with E-state index >= 15 is 0 Å². The van der Waals surface area contributed by atoms with Crippen LogP contribution in [0.3, 0.4) is 0 Å². The lowest BCUT2D eigenvalue weighted by Crippen LogP contribution is -2.41. The third-order valence-electron chi connectivity index (χ3n) is 3.98. The fourth-order valence-electron chi connectivity index (χ4n) is 1.50. The van der Waals surface area contributed by atoms with Gasteiger partial charge in [-0.1, -0.05) is 20.8 Å². The highest BCUT2D eigenvalue weighted by Crippen LogP contribution is 2.42. The van der Waals surface area contributed by atoms with Gasteiger partial charge in [-0.05, 0) is 37.4 Å². The van der Waals surface area contributed by atoms with Crippen molar-refractivity contribution < 1.29 is 14.0 Å². The average Bonchev–Trinajstić information content (AvgIpc) is 2.92. The molecule has 0 spiro atoms. The van der Waals surface area contributed by atoms with Crippen molar-refractivity contribution in [3.63, 3.8) is 0 Å². The summed E-state index contributed by atoms with van der Waals surface area (Å²) in [6.07, 6.45) is 0.938. The van der Waals surface area contributed by atoms with E-state index in [0.29, 0.717) is 12.5 Å². The smallest absolute Gasteiger partial charge is 0.309 e. The summed E-state index contributed by atoms with van der Waals surface area (Å²) in [6.45, 7) is 14.2. The van der Waals surface area contributed by atoms with E-state index in [4.69, 9.17) is 9.16 Å². The number of hydrogen-bond donors (Lipinski definition) is 0. The fraction of sp³-hybridized carbons (Fsp3) is 0.923. The van der Waals surface area contributed by atoms with Crippen LogP contribution in [0.15, 0.2) is 0 Å². The van der Waals surface area contributed by atoms with Gasteiger partial charge in [-0.3, -0.25) is 4.79 Å². The quantitative estimate of drug-likeness (QED) is 0.561. The number of hydrogen-bond acceptors (Lipinski definition) is 3. The van der Waals surface area contributed by atoms with E-state index in [1.807, 2.05) is 6.92 Å². The standard InChI is InChI=1S/C13H26O3Si/c1-7-15-12(14)11-8-10(11)9-16-17(5,6)13(2,3)4/h10-11H,7-9H2,1-6H3/t10-,11+/m1/s1. The van der Waals surface area contributed by atoms with Crippen molar-refractivity contribution in [2.75, 3.05) is 13.2 Å². The van der Waals surface area contributed by atoms with Crippen LogP contribution in [-0.2, 0) is 14.0 Å². The predicted molar refractivity (Wildman–Crippen MR) is 71.4 cm³/mol. The highest BCUT2D eigenvalue weighted by atomic mass is 28.4. The first-order chi connectivity index (χ1) is 7.69. The predicted octanol–water partition coefficient (Wildman–Crippen LogP) is 3.21. The molecule has 0 aromatic carbocycles. The van der Waals surface area contributed by atoms with Crippen molar-refractivity contribution in [1.29, 1.82) is 0 Å². The number of rotatable bonds is 5. The van der Waals surface area contributed by atoms with Crippen molar-refractivity contribution in [3.8, 4) is 0 Å². The van der Waals surface area contributed by atoms with Crippen LogP contribution >= 0.6 is 0 Å². The SMILES string of the molecule is CCOC(=O)[C@H]1C[C@@H]1CO[Si](C)(C)C(C)(C)C. The van der Waals surface area contributed by atoms with Gasteiger partial charge in [-0.2, -0.15) is 0 Å². The number of ether oxygens (including phenoxy) is 1. The van der Waals surface area contributed by atoms with Gasteiger partial charge < -0.3 is 9.16 Å². The molecule has 17 heavy (non-hydrogen) atoms. The summed E-state index contributed by atoms with van der Waals surface area (Å²) in [5, 5.41) is 0.237. The molecule has 4 heteroatoms. The summed E-state index contributed by atoms with van der Waals surface area (Å²) in [4.78, 5) is 11.5. The molecule has 0 amide bonds. The molecule has 1 rings (SSSR count). The van der Waals surface area contributed by atoms with Crippen molar-refractivity contribution in [1.82, 2.24) is 0 Å². The van der Waals surface area contributed by atoms with Crippen molar-refractivity contribution in [2.45, 2.75) is 52.2 Å².